The van der Waals surface area contributed by atoms with Crippen molar-refractivity contribution in [1.82, 2.24) is 5.32 Å². The van der Waals surface area contributed by atoms with Crippen LogP contribution in [0.2, 0.25) is 0 Å². The number of para-hydroxylation sites is 1. The Labute approximate surface area is 157 Å². The maximum absolute atomic E-state index is 12.5. The van der Waals surface area contributed by atoms with Crippen molar-refractivity contribution in [2.75, 3.05) is 19.8 Å². The highest BCUT2D eigenvalue weighted by Crippen LogP contribution is 2.49. The van der Waals surface area contributed by atoms with E-state index < -0.39 is 5.54 Å². The summed E-state index contributed by atoms with van der Waals surface area (Å²) in [5.74, 6) is 0.790. The lowest BCUT2D eigenvalue weighted by Gasteiger charge is -2.57. The van der Waals surface area contributed by atoms with Gasteiger partial charge in [-0.15, -0.1) is 12.4 Å². The summed E-state index contributed by atoms with van der Waals surface area (Å²) in [4.78, 5) is 12.5. The SMILES string of the molecule is CCOC1CC(N)(C(=O)NCCCOc2ccccc2C)C1(C)C.Cl. The van der Waals surface area contributed by atoms with E-state index in [0.717, 1.165) is 17.7 Å². The fourth-order valence-electron chi connectivity index (χ4n) is 3.15. The normalized spacial score (nSPS) is 24.0. The summed E-state index contributed by atoms with van der Waals surface area (Å²) >= 11 is 0. The van der Waals surface area contributed by atoms with Gasteiger partial charge in [-0.2, -0.15) is 0 Å². The molecule has 0 bridgehead atoms. The lowest BCUT2D eigenvalue weighted by atomic mass is 9.54. The number of hydrogen-bond acceptors (Lipinski definition) is 4. The van der Waals surface area contributed by atoms with E-state index in [1.165, 1.54) is 0 Å². The zero-order valence-corrected chi connectivity index (χ0v) is 16.4. The van der Waals surface area contributed by atoms with Gasteiger partial charge < -0.3 is 20.5 Å². The molecule has 1 aromatic rings. The average molecular weight is 371 g/mol. The highest BCUT2D eigenvalue weighted by atomic mass is 35.5. The molecule has 0 heterocycles. The monoisotopic (exact) mass is 370 g/mol. The fourth-order valence-corrected chi connectivity index (χ4v) is 3.15. The third kappa shape index (κ3) is 4.46. The second kappa shape index (κ2) is 8.88. The number of ether oxygens (including phenoxy) is 2. The van der Waals surface area contributed by atoms with Crippen LogP contribution in [0.3, 0.4) is 0 Å². The van der Waals surface area contributed by atoms with Gasteiger partial charge in [0.05, 0.1) is 12.7 Å². The Morgan fingerprint density at radius 2 is 2.04 bits per heavy atom. The minimum atomic E-state index is -0.857. The first-order chi connectivity index (χ1) is 11.3. The van der Waals surface area contributed by atoms with Gasteiger partial charge in [0, 0.05) is 25.0 Å². The lowest BCUT2D eigenvalue weighted by Crippen LogP contribution is -2.75. The summed E-state index contributed by atoms with van der Waals surface area (Å²) in [5.41, 5.74) is 6.25. The van der Waals surface area contributed by atoms with E-state index in [9.17, 15) is 4.79 Å². The maximum atomic E-state index is 12.5. The Balaban J connectivity index is 0.00000312. The Morgan fingerprint density at radius 1 is 1.36 bits per heavy atom. The molecule has 1 aliphatic carbocycles. The highest BCUT2D eigenvalue weighted by molar-refractivity contribution is 5.88. The minimum absolute atomic E-state index is 0. The number of nitrogens with two attached hydrogens (primary N) is 1. The second-order valence-corrected chi connectivity index (χ2v) is 7.06. The van der Waals surface area contributed by atoms with Gasteiger partial charge in [0.25, 0.3) is 0 Å². The number of halogens is 1. The van der Waals surface area contributed by atoms with Crippen molar-refractivity contribution in [1.29, 1.82) is 0 Å². The Kier molecular flexibility index (Phi) is 7.72. The molecule has 142 valence electrons. The van der Waals surface area contributed by atoms with Gasteiger partial charge in [-0.3, -0.25) is 4.79 Å². The molecule has 2 unspecified atom stereocenters. The summed E-state index contributed by atoms with van der Waals surface area (Å²) in [6.45, 7) is 9.73. The first-order valence-electron chi connectivity index (χ1n) is 8.70. The van der Waals surface area contributed by atoms with E-state index in [1.807, 2.05) is 52.0 Å². The molecule has 0 aromatic heterocycles. The van der Waals surface area contributed by atoms with Crippen LogP contribution in [-0.4, -0.2) is 37.3 Å². The smallest absolute Gasteiger partial charge is 0.240 e. The van der Waals surface area contributed by atoms with Gasteiger partial charge in [-0.25, -0.2) is 0 Å². The molecular weight excluding hydrogens is 340 g/mol. The minimum Gasteiger partial charge on any atom is -0.493 e. The molecule has 1 aromatic carbocycles. The molecular formula is C19H31ClN2O3. The van der Waals surface area contributed by atoms with Crippen LogP contribution in [-0.2, 0) is 9.53 Å². The molecule has 0 spiro atoms. The molecule has 5 nitrogen and oxygen atoms in total. The van der Waals surface area contributed by atoms with E-state index in [0.29, 0.717) is 26.2 Å². The van der Waals surface area contributed by atoms with Crippen LogP contribution in [0.1, 0.15) is 39.2 Å². The number of carbonyl (C=O) groups is 1. The van der Waals surface area contributed by atoms with Gasteiger partial charge in [0.1, 0.15) is 11.3 Å². The van der Waals surface area contributed by atoms with Crippen molar-refractivity contribution in [3.05, 3.63) is 29.8 Å². The molecule has 2 rings (SSSR count). The molecule has 1 saturated carbocycles. The lowest BCUT2D eigenvalue weighted by molar-refractivity contribution is -0.170. The van der Waals surface area contributed by atoms with Crippen molar-refractivity contribution in [2.24, 2.45) is 11.1 Å². The van der Waals surface area contributed by atoms with Gasteiger partial charge in [-0.05, 0) is 31.9 Å². The fraction of sp³-hybridized carbons (Fsp3) is 0.632. The zero-order valence-electron chi connectivity index (χ0n) is 15.6. The first kappa shape index (κ1) is 21.7. The van der Waals surface area contributed by atoms with E-state index in [1.54, 1.807) is 0 Å². The zero-order chi connectivity index (χ0) is 17.8. The van der Waals surface area contributed by atoms with Gasteiger partial charge >= 0.3 is 0 Å². The van der Waals surface area contributed by atoms with Crippen LogP contribution in [0.4, 0.5) is 0 Å². The number of rotatable bonds is 8. The van der Waals surface area contributed by atoms with Gasteiger partial charge in [0.15, 0.2) is 0 Å². The second-order valence-electron chi connectivity index (χ2n) is 7.06. The van der Waals surface area contributed by atoms with E-state index in [4.69, 9.17) is 15.2 Å². The maximum Gasteiger partial charge on any atom is 0.240 e. The van der Waals surface area contributed by atoms with Crippen molar-refractivity contribution >= 4 is 18.3 Å². The highest BCUT2D eigenvalue weighted by Gasteiger charge is 2.62. The van der Waals surface area contributed by atoms with E-state index in [-0.39, 0.29) is 29.8 Å². The van der Waals surface area contributed by atoms with Crippen molar-refractivity contribution < 1.29 is 14.3 Å². The van der Waals surface area contributed by atoms with E-state index >= 15 is 0 Å². The third-order valence-corrected chi connectivity index (χ3v) is 5.19. The van der Waals surface area contributed by atoms with Crippen LogP contribution < -0.4 is 15.8 Å². The van der Waals surface area contributed by atoms with Crippen LogP contribution >= 0.6 is 12.4 Å². The number of aryl methyl sites for hydroxylation is 1. The number of benzene rings is 1. The molecule has 6 heteroatoms. The molecule has 1 amide bonds. The van der Waals surface area contributed by atoms with Crippen molar-refractivity contribution in [3.8, 4) is 5.75 Å². The van der Waals surface area contributed by atoms with Gasteiger partial charge in [-0.1, -0.05) is 32.0 Å². The van der Waals surface area contributed by atoms with Crippen molar-refractivity contribution in [3.63, 3.8) is 0 Å². The van der Waals surface area contributed by atoms with Gasteiger partial charge in [0.2, 0.25) is 5.91 Å². The van der Waals surface area contributed by atoms with Crippen LogP contribution in [0.15, 0.2) is 24.3 Å². The summed E-state index contributed by atoms with van der Waals surface area (Å²) < 4.78 is 11.4. The number of hydrogen-bond donors (Lipinski definition) is 2. The number of amides is 1. The first-order valence-corrected chi connectivity index (χ1v) is 8.70. The Hall–Kier alpha value is -1.30. The quantitative estimate of drug-likeness (QED) is 0.690. The van der Waals surface area contributed by atoms with Crippen LogP contribution in [0.25, 0.3) is 0 Å². The molecule has 3 N–H and O–H groups in total. The largest absolute Gasteiger partial charge is 0.493 e. The predicted molar refractivity (Wildman–Crippen MR) is 102 cm³/mol. The summed E-state index contributed by atoms with van der Waals surface area (Å²) in [6, 6.07) is 7.91. The summed E-state index contributed by atoms with van der Waals surface area (Å²) in [6.07, 6.45) is 1.35. The molecule has 2 atom stereocenters. The Bertz CT molecular complexity index is 580. The molecule has 1 fully saturated rings. The third-order valence-electron chi connectivity index (χ3n) is 5.19. The van der Waals surface area contributed by atoms with Crippen molar-refractivity contribution in [2.45, 2.75) is 52.2 Å². The summed E-state index contributed by atoms with van der Waals surface area (Å²) in [7, 11) is 0. The topological polar surface area (TPSA) is 73.6 Å². The van der Waals surface area contributed by atoms with Crippen LogP contribution in [0, 0.1) is 12.3 Å². The number of nitrogens with one attached hydrogen (secondary N) is 1. The standard InChI is InChI=1S/C19H30N2O3.ClH/c1-5-23-16-13-19(20,18(16,3)4)17(22)21-11-8-12-24-15-10-7-6-9-14(15)2;/h6-7,9-10,16H,5,8,11-13,20H2,1-4H3,(H,21,22);1H. The predicted octanol–water partition coefficient (Wildman–Crippen LogP) is 2.83. The average Bonchev–Trinajstić information content (AvgIpc) is 2.55. The van der Waals surface area contributed by atoms with Crippen LogP contribution in [0.5, 0.6) is 5.75 Å². The molecule has 0 aliphatic heterocycles. The van der Waals surface area contributed by atoms with E-state index in [2.05, 4.69) is 5.32 Å². The summed E-state index contributed by atoms with van der Waals surface area (Å²) in [5, 5.41) is 2.94. The Morgan fingerprint density at radius 3 is 2.64 bits per heavy atom. The molecule has 25 heavy (non-hydrogen) atoms. The molecule has 1 aliphatic rings. The molecule has 0 radical (unpaired) electrons. The molecule has 0 saturated heterocycles. The number of carbonyl (C=O) groups excluding carboxylic acids is 1.